The highest BCUT2D eigenvalue weighted by molar-refractivity contribution is 5.80. The van der Waals surface area contributed by atoms with Crippen molar-refractivity contribution < 1.29 is 14.7 Å². The Morgan fingerprint density at radius 1 is 1.39 bits per heavy atom. The fourth-order valence-corrected chi connectivity index (χ4v) is 2.17. The van der Waals surface area contributed by atoms with Crippen LogP contribution in [0, 0.1) is 5.92 Å². The van der Waals surface area contributed by atoms with Crippen LogP contribution in [0.5, 0.6) is 0 Å². The molecule has 2 N–H and O–H groups in total. The average molecular weight is 257 g/mol. The van der Waals surface area contributed by atoms with Gasteiger partial charge in [0, 0.05) is 26.2 Å². The second kappa shape index (κ2) is 7.20. The van der Waals surface area contributed by atoms with E-state index in [0.29, 0.717) is 26.1 Å². The Labute approximate surface area is 108 Å². The molecule has 0 aliphatic carbocycles. The molecule has 104 valence electrons. The number of hydrogen-bond donors (Lipinski definition) is 2. The number of likely N-dealkylation sites (tertiary alicyclic amines) is 1. The van der Waals surface area contributed by atoms with Crippen LogP contribution >= 0.6 is 0 Å². The minimum atomic E-state index is -0.937. The summed E-state index contributed by atoms with van der Waals surface area (Å²) < 4.78 is 0. The molecule has 0 aromatic carbocycles. The predicted molar refractivity (Wildman–Crippen MR) is 68.5 cm³/mol. The standard InChI is InChI=1S/C12H23N3O3/c1-3-14(4-2)8-6-13-11(16)10-5-7-15(9-10)12(17)18/h10H,3-9H2,1-2H3,(H,13,16)(H,17,18). The summed E-state index contributed by atoms with van der Waals surface area (Å²) in [5.74, 6) is -0.205. The lowest BCUT2D eigenvalue weighted by Crippen LogP contribution is -2.38. The van der Waals surface area contributed by atoms with Gasteiger partial charge >= 0.3 is 6.09 Å². The van der Waals surface area contributed by atoms with Crippen LogP contribution < -0.4 is 5.32 Å². The summed E-state index contributed by atoms with van der Waals surface area (Å²) in [6.45, 7) is 8.39. The van der Waals surface area contributed by atoms with Crippen LogP contribution in [0.1, 0.15) is 20.3 Å². The van der Waals surface area contributed by atoms with Gasteiger partial charge in [-0.15, -0.1) is 0 Å². The summed E-state index contributed by atoms with van der Waals surface area (Å²) >= 11 is 0. The maximum atomic E-state index is 11.8. The third-order valence-electron chi connectivity index (χ3n) is 3.45. The lowest BCUT2D eigenvalue weighted by atomic mass is 10.1. The Kier molecular flexibility index (Phi) is 5.91. The molecule has 0 spiro atoms. The zero-order valence-corrected chi connectivity index (χ0v) is 11.2. The van der Waals surface area contributed by atoms with Crippen molar-refractivity contribution in [1.82, 2.24) is 15.1 Å². The van der Waals surface area contributed by atoms with Gasteiger partial charge in [-0.2, -0.15) is 0 Å². The molecule has 0 aromatic heterocycles. The highest BCUT2D eigenvalue weighted by Crippen LogP contribution is 2.15. The normalized spacial score (nSPS) is 19.3. The third kappa shape index (κ3) is 4.18. The third-order valence-corrected chi connectivity index (χ3v) is 3.45. The van der Waals surface area contributed by atoms with E-state index in [4.69, 9.17) is 5.11 Å². The van der Waals surface area contributed by atoms with Gasteiger partial charge in [0.05, 0.1) is 5.92 Å². The van der Waals surface area contributed by atoms with Gasteiger partial charge in [0.2, 0.25) is 5.91 Å². The largest absolute Gasteiger partial charge is 0.465 e. The molecule has 0 saturated carbocycles. The molecule has 1 rings (SSSR count). The Morgan fingerprint density at radius 3 is 2.56 bits per heavy atom. The first-order valence-electron chi connectivity index (χ1n) is 6.56. The summed E-state index contributed by atoms with van der Waals surface area (Å²) in [7, 11) is 0. The highest BCUT2D eigenvalue weighted by atomic mass is 16.4. The molecule has 1 aliphatic heterocycles. The topological polar surface area (TPSA) is 72.9 Å². The second-order valence-electron chi connectivity index (χ2n) is 4.53. The van der Waals surface area contributed by atoms with Gasteiger partial charge in [-0.05, 0) is 19.5 Å². The zero-order valence-electron chi connectivity index (χ0n) is 11.2. The fraction of sp³-hybridized carbons (Fsp3) is 0.833. The minimum absolute atomic E-state index is 0.0223. The molecule has 1 unspecified atom stereocenters. The van der Waals surface area contributed by atoms with E-state index in [0.717, 1.165) is 19.6 Å². The van der Waals surface area contributed by atoms with E-state index in [1.54, 1.807) is 0 Å². The van der Waals surface area contributed by atoms with Gasteiger partial charge in [-0.25, -0.2) is 4.79 Å². The summed E-state index contributed by atoms with van der Waals surface area (Å²) in [5.41, 5.74) is 0. The molecular formula is C12H23N3O3. The van der Waals surface area contributed by atoms with E-state index in [2.05, 4.69) is 24.1 Å². The predicted octanol–water partition coefficient (Wildman–Crippen LogP) is 0.444. The number of likely N-dealkylation sites (N-methyl/N-ethyl adjacent to an activating group) is 1. The van der Waals surface area contributed by atoms with E-state index < -0.39 is 6.09 Å². The van der Waals surface area contributed by atoms with Gasteiger partial charge in [-0.3, -0.25) is 4.79 Å². The number of carbonyl (C=O) groups excluding carboxylic acids is 1. The average Bonchev–Trinajstić information content (AvgIpc) is 2.84. The van der Waals surface area contributed by atoms with Crippen molar-refractivity contribution in [2.75, 3.05) is 39.3 Å². The molecule has 0 radical (unpaired) electrons. The molecule has 1 heterocycles. The maximum Gasteiger partial charge on any atom is 0.407 e. The van der Waals surface area contributed by atoms with Crippen LogP contribution in [0.15, 0.2) is 0 Å². The second-order valence-corrected chi connectivity index (χ2v) is 4.53. The molecule has 2 amide bonds. The Balaban J connectivity index is 2.24. The number of nitrogens with zero attached hydrogens (tertiary/aromatic N) is 2. The quantitative estimate of drug-likeness (QED) is 0.724. The molecule has 1 saturated heterocycles. The van der Waals surface area contributed by atoms with Crippen LogP contribution in [0.4, 0.5) is 4.79 Å². The van der Waals surface area contributed by atoms with Crippen molar-refractivity contribution in [3.8, 4) is 0 Å². The van der Waals surface area contributed by atoms with E-state index in [1.165, 1.54) is 4.90 Å². The molecule has 0 aromatic rings. The molecule has 0 bridgehead atoms. The smallest absolute Gasteiger partial charge is 0.407 e. The number of carboxylic acid groups (broad SMARTS) is 1. The fourth-order valence-electron chi connectivity index (χ4n) is 2.17. The molecule has 6 nitrogen and oxygen atoms in total. The first kappa shape index (κ1) is 14.8. The summed E-state index contributed by atoms with van der Waals surface area (Å²) in [6.07, 6.45) is -0.308. The van der Waals surface area contributed by atoms with E-state index in [9.17, 15) is 9.59 Å². The van der Waals surface area contributed by atoms with E-state index in [1.807, 2.05) is 0 Å². The SMILES string of the molecule is CCN(CC)CCNC(=O)C1CCN(C(=O)O)C1. The Bertz CT molecular complexity index is 292. The lowest BCUT2D eigenvalue weighted by Gasteiger charge is -2.19. The van der Waals surface area contributed by atoms with Crippen molar-refractivity contribution in [2.45, 2.75) is 20.3 Å². The Hall–Kier alpha value is -1.30. The number of nitrogens with one attached hydrogen (secondary N) is 1. The monoisotopic (exact) mass is 257 g/mol. The first-order valence-corrected chi connectivity index (χ1v) is 6.56. The summed E-state index contributed by atoms with van der Waals surface area (Å²) in [5, 5.41) is 11.7. The zero-order chi connectivity index (χ0) is 13.5. The Morgan fingerprint density at radius 2 is 2.06 bits per heavy atom. The van der Waals surface area contributed by atoms with E-state index >= 15 is 0 Å². The molecule has 18 heavy (non-hydrogen) atoms. The van der Waals surface area contributed by atoms with Crippen molar-refractivity contribution in [2.24, 2.45) is 5.92 Å². The van der Waals surface area contributed by atoms with Crippen LogP contribution in [-0.2, 0) is 4.79 Å². The molecular weight excluding hydrogens is 234 g/mol. The molecule has 1 fully saturated rings. The van der Waals surface area contributed by atoms with Crippen LogP contribution in [0.25, 0.3) is 0 Å². The number of amides is 2. The highest BCUT2D eigenvalue weighted by Gasteiger charge is 2.30. The number of hydrogen-bond acceptors (Lipinski definition) is 3. The number of carbonyl (C=O) groups is 2. The van der Waals surface area contributed by atoms with Crippen LogP contribution in [-0.4, -0.2) is 66.2 Å². The molecule has 6 heteroatoms. The number of rotatable bonds is 6. The maximum absolute atomic E-state index is 11.8. The van der Waals surface area contributed by atoms with Crippen molar-refractivity contribution in [3.63, 3.8) is 0 Å². The van der Waals surface area contributed by atoms with Crippen LogP contribution in [0.3, 0.4) is 0 Å². The van der Waals surface area contributed by atoms with Gasteiger partial charge in [0.15, 0.2) is 0 Å². The van der Waals surface area contributed by atoms with Gasteiger partial charge in [0.1, 0.15) is 0 Å². The first-order chi connectivity index (χ1) is 8.58. The van der Waals surface area contributed by atoms with E-state index in [-0.39, 0.29) is 11.8 Å². The van der Waals surface area contributed by atoms with Gasteiger partial charge in [-0.1, -0.05) is 13.8 Å². The minimum Gasteiger partial charge on any atom is -0.465 e. The molecule has 1 atom stereocenters. The molecule has 1 aliphatic rings. The van der Waals surface area contributed by atoms with Crippen molar-refractivity contribution >= 4 is 12.0 Å². The van der Waals surface area contributed by atoms with Crippen molar-refractivity contribution in [1.29, 1.82) is 0 Å². The van der Waals surface area contributed by atoms with Gasteiger partial charge in [0.25, 0.3) is 0 Å². The lowest BCUT2D eigenvalue weighted by molar-refractivity contribution is -0.124. The van der Waals surface area contributed by atoms with Crippen molar-refractivity contribution in [3.05, 3.63) is 0 Å². The summed E-state index contributed by atoms with van der Waals surface area (Å²) in [4.78, 5) is 26.1. The summed E-state index contributed by atoms with van der Waals surface area (Å²) in [6, 6.07) is 0. The van der Waals surface area contributed by atoms with Crippen LogP contribution in [0.2, 0.25) is 0 Å². The van der Waals surface area contributed by atoms with Gasteiger partial charge < -0.3 is 20.2 Å².